The van der Waals surface area contributed by atoms with Crippen LogP contribution >= 0.6 is 15.9 Å². The Morgan fingerprint density at radius 1 is 1.43 bits per heavy atom. The average Bonchev–Trinajstić information content (AvgIpc) is 2.17. The first kappa shape index (κ1) is 11.5. The number of hydrogen-bond acceptors (Lipinski definition) is 2. The molecule has 1 aromatic rings. The molecule has 0 unspecified atom stereocenters. The van der Waals surface area contributed by atoms with Crippen LogP contribution in [0.2, 0.25) is 0 Å². The molecule has 0 amide bonds. The van der Waals surface area contributed by atoms with Crippen LogP contribution in [0.4, 0.5) is 13.2 Å². The van der Waals surface area contributed by atoms with Crippen LogP contribution in [0.15, 0.2) is 6.07 Å². The van der Waals surface area contributed by atoms with Crippen LogP contribution in [0, 0.1) is 5.82 Å². The molecule has 0 saturated carbocycles. The number of aliphatic hydroxyl groups excluding tert-OH is 1. The van der Waals surface area contributed by atoms with Crippen molar-refractivity contribution >= 4 is 15.9 Å². The molecule has 6 heteroatoms. The summed E-state index contributed by atoms with van der Waals surface area (Å²) in [5.41, 5.74) is -0.732. The van der Waals surface area contributed by atoms with E-state index in [2.05, 4.69) is 20.9 Å². The van der Waals surface area contributed by atoms with Gasteiger partial charge in [-0.2, -0.15) is 0 Å². The van der Waals surface area contributed by atoms with E-state index in [4.69, 9.17) is 5.11 Å². The van der Waals surface area contributed by atoms with Crippen molar-refractivity contribution in [1.29, 1.82) is 0 Å². The maximum absolute atomic E-state index is 13.0. The van der Waals surface area contributed by atoms with Crippen molar-refractivity contribution in [2.75, 3.05) is 0 Å². The summed E-state index contributed by atoms with van der Waals surface area (Å²) in [5.74, 6) is -0.797. The van der Waals surface area contributed by atoms with E-state index in [0.29, 0.717) is 6.07 Å². The van der Waals surface area contributed by atoms with Crippen LogP contribution in [0.5, 0.6) is 0 Å². The third-order valence-corrected chi connectivity index (χ3v) is 2.20. The minimum atomic E-state index is -2.83. The first-order valence-electron chi connectivity index (χ1n) is 3.73. The number of alkyl halides is 3. The van der Waals surface area contributed by atoms with Gasteiger partial charge in [-0.05, 0) is 6.07 Å². The molecule has 0 spiro atoms. The molecule has 0 atom stereocenters. The second kappa shape index (κ2) is 4.75. The van der Waals surface area contributed by atoms with Crippen LogP contribution in [-0.4, -0.2) is 10.1 Å². The lowest BCUT2D eigenvalue weighted by Crippen LogP contribution is -2.04. The lowest BCUT2D eigenvalue weighted by atomic mass is 10.2. The van der Waals surface area contributed by atoms with Crippen molar-refractivity contribution in [2.45, 2.75) is 18.4 Å². The summed E-state index contributed by atoms with van der Waals surface area (Å²) in [6.07, 6.45) is -2.83. The summed E-state index contributed by atoms with van der Waals surface area (Å²) in [6, 6.07) is 0.708. The zero-order valence-electron chi connectivity index (χ0n) is 6.98. The van der Waals surface area contributed by atoms with Crippen molar-refractivity contribution in [3.8, 4) is 0 Å². The first-order valence-corrected chi connectivity index (χ1v) is 4.85. The Morgan fingerprint density at radius 3 is 2.50 bits per heavy atom. The summed E-state index contributed by atoms with van der Waals surface area (Å²) in [4.78, 5) is 3.58. The maximum Gasteiger partial charge on any atom is 0.265 e. The van der Waals surface area contributed by atoms with Crippen molar-refractivity contribution in [3.63, 3.8) is 0 Å². The molecule has 0 aliphatic heterocycles. The molecule has 0 fully saturated rings. The van der Waals surface area contributed by atoms with Crippen LogP contribution in [0.1, 0.15) is 23.4 Å². The third-order valence-electron chi connectivity index (χ3n) is 1.67. The fourth-order valence-corrected chi connectivity index (χ4v) is 1.39. The smallest absolute Gasteiger partial charge is 0.265 e. The Bertz CT molecular complexity index is 333. The van der Waals surface area contributed by atoms with Crippen molar-refractivity contribution in [1.82, 2.24) is 4.98 Å². The number of rotatable bonds is 3. The SMILES string of the molecule is OCc1nc(CBr)c(F)cc1C(F)F. The number of nitrogens with zero attached hydrogens (tertiary/aromatic N) is 1. The highest BCUT2D eigenvalue weighted by molar-refractivity contribution is 9.08. The Morgan fingerprint density at radius 2 is 2.07 bits per heavy atom. The van der Waals surface area contributed by atoms with Crippen LogP contribution in [0.3, 0.4) is 0 Å². The number of aliphatic hydroxyl groups is 1. The monoisotopic (exact) mass is 269 g/mol. The molecule has 1 heterocycles. The zero-order valence-corrected chi connectivity index (χ0v) is 8.56. The molecule has 0 saturated heterocycles. The number of hydrogen-bond donors (Lipinski definition) is 1. The van der Waals surface area contributed by atoms with Gasteiger partial charge in [-0.1, -0.05) is 15.9 Å². The highest BCUT2D eigenvalue weighted by Crippen LogP contribution is 2.24. The fraction of sp³-hybridized carbons (Fsp3) is 0.375. The summed E-state index contributed by atoms with van der Waals surface area (Å²) in [6.45, 7) is -0.625. The number of halogens is 4. The molecule has 0 aromatic carbocycles. The quantitative estimate of drug-likeness (QED) is 0.856. The standard InChI is InChI=1S/C8H7BrF3NO/c9-2-6-5(10)1-4(8(11)12)7(3-14)13-6/h1,8,14H,2-3H2. The molecule has 0 radical (unpaired) electrons. The van der Waals surface area contributed by atoms with Gasteiger partial charge in [0.2, 0.25) is 0 Å². The van der Waals surface area contributed by atoms with Crippen LogP contribution in [0.25, 0.3) is 0 Å². The van der Waals surface area contributed by atoms with Gasteiger partial charge in [-0.15, -0.1) is 0 Å². The molecule has 1 aromatic heterocycles. The highest BCUT2D eigenvalue weighted by Gasteiger charge is 2.17. The molecule has 78 valence electrons. The summed E-state index contributed by atoms with van der Waals surface area (Å²) in [5, 5.41) is 8.86. The van der Waals surface area contributed by atoms with Gasteiger partial charge in [0.1, 0.15) is 5.82 Å². The van der Waals surface area contributed by atoms with E-state index in [-0.39, 0.29) is 16.7 Å². The average molecular weight is 270 g/mol. The molecular formula is C8H7BrF3NO. The number of aromatic nitrogens is 1. The second-order valence-corrected chi connectivity index (χ2v) is 3.11. The van der Waals surface area contributed by atoms with Crippen LogP contribution in [-0.2, 0) is 11.9 Å². The highest BCUT2D eigenvalue weighted by atomic mass is 79.9. The largest absolute Gasteiger partial charge is 0.390 e. The minimum Gasteiger partial charge on any atom is -0.390 e. The summed E-state index contributed by atoms with van der Waals surface area (Å²) >= 11 is 2.96. The molecule has 0 aliphatic carbocycles. The van der Waals surface area contributed by atoms with E-state index in [1.165, 1.54) is 0 Å². The minimum absolute atomic E-state index is 0.0125. The van der Waals surface area contributed by atoms with Crippen molar-refractivity contribution < 1.29 is 18.3 Å². The molecule has 2 nitrogen and oxygen atoms in total. The van der Waals surface area contributed by atoms with Gasteiger partial charge in [-0.25, -0.2) is 13.2 Å². The first-order chi connectivity index (χ1) is 6.60. The molecule has 0 aliphatic rings. The Balaban J connectivity index is 3.24. The second-order valence-electron chi connectivity index (χ2n) is 2.55. The zero-order chi connectivity index (χ0) is 10.7. The van der Waals surface area contributed by atoms with E-state index in [1.807, 2.05) is 0 Å². The normalized spacial score (nSPS) is 11.0. The lowest BCUT2D eigenvalue weighted by molar-refractivity contribution is 0.145. The predicted molar refractivity (Wildman–Crippen MR) is 47.7 cm³/mol. The van der Waals surface area contributed by atoms with E-state index >= 15 is 0 Å². The summed E-state index contributed by atoms with van der Waals surface area (Å²) in [7, 11) is 0. The van der Waals surface area contributed by atoms with Gasteiger partial charge in [0.15, 0.2) is 0 Å². The van der Waals surface area contributed by atoms with Gasteiger partial charge in [0, 0.05) is 10.9 Å². The Labute approximate surface area is 86.9 Å². The van der Waals surface area contributed by atoms with Crippen LogP contribution < -0.4 is 0 Å². The van der Waals surface area contributed by atoms with Gasteiger partial charge in [0.25, 0.3) is 6.43 Å². The maximum atomic E-state index is 13.0. The van der Waals surface area contributed by atoms with E-state index < -0.39 is 24.4 Å². The molecule has 14 heavy (non-hydrogen) atoms. The van der Waals surface area contributed by atoms with Gasteiger partial charge >= 0.3 is 0 Å². The van der Waals surface area contributed by atoms with Crippen molar-refractivity contribution in [3.05, 3.63) is 28.8 Å². The van der Waals surface area contributed by atoms with E-state index in [1.54, 1.807) is 0 Å². The van der Waals surface area contributed by atoms with Gasteiger partial charge < -0.3 is 5.11 Å². The molecule has 1 rings (SSSR count). The fourth-order valence-electron chi connectivity index (χ4n) is 0.993. The third kappa shape index (κ3) is 2.24. The van der Waals surface area contributed by atoms with E-state index in [0.717, 1.165) is 0 Å². The lowest BCUT2D eigenvalue weighted by Gasteiger charge is -2.08. The van der Waals surface area contributed by atoms with E-state index in [9.17, 15) is 13.2 Å². The van der Waals surface area contributed by atoms with Gasteiger partial charge in [-0.3, -0.25) is 4.98 Å². The predicted octanol–water partition coefficient (Wildman–Crippen LogP) is 2.55. The number of pyridine rings is 1. The Hall–Kier alpha value is -0.620. The Kier molecular flexibility index (Phi) is 3.88. The van der Waals surface area contributed by atoms with Crippen molar-refractivity contribution in [2.24, 2.45) is 0 Å². The topological polar surface area (TPSA) is 33.1 Å². The summed E-state index contributed by atoms with van der Waals surface area (Å²) < 4.78 is 37.6. The van der Waals surface area contributed by atoms with Gasteiger partial charge in [0.05, 0.1) is 18.0 Å². The molecular weight excluding hydrogens is 263 g/mol. The molecule has 0 bridgehead atoms. The molecule has 1 N–H and O–H groups in total.